The smallest absolute Gasteiger partial charge is 0.237 e. The van der Waals surface area contributed by atoms with Crippen LogP contribution in [0, 0.1) is 6.92 Å². The summed E-state index contributed by atoms with van der Waals surface area (Å²) in [5.41, 5.74) is 10.8. The number of aromatic nitrogens is 1. The van der Waals surface area contributed by atoms with Crippen LogP contribution in [0.15, 0.2) is 30.5 Å². The maximum Gasteiger partial charge on any atom is 0.237 e. The molecule has 1 aliphatic carbocycles. The zero-order valence-corrected chi connectivity index (χ0v) is 11.2. The molecule has 4 nitrogen and oxygen atoms in total. The van der Waals surface area contributed by atoms with Crippen molar-refractivity contribution in [2.24, 2.45) is 0 Å². The van der Waals surface area contributed by atoms with Crippen LogP contribution in [0.4, 0.5) is 11.5 Å². The Hall–Kier alpha value is -2.36. The monoisotopic (exact) mass is 265 g/mol. The predicted octanol–water partition coefficient (Wildman–Crippen LogP) is 1.96. The van der Waals surface area contributed by atoms with Crippen LogP contribution >= 0.6 is 0 Å². The molecule has 1 unspecified atom stereocenters. The normalized spacial score (nSPS) is 22.8. The number of benzene rings is 1. The average Bonchev–Trinajstić information content (AvgIpc) is 2.91. The molecule has 20 heavy (non-hydrogen) atoms. The van der Waals surface area contributed by atoms with E-state index in [1.54, 1.807) is 6.20 Å². The molecule has 1 aromatic heterocycles. The Morgan fingerprint density at radius 3 is 2.85 bits per heavy atom. The second-order valence-corrected chi connectivity index (χ2v) is 5.77. The maximum atomic E-state index is 12.5. The molecule has 4 rings (SSSR count). The molecule has 2 aliphatic rings. The molecule has 3 N–H and O–H groups in total. The molecule has 1 amide bonds. The first-order valence-corrected chi connectivity index (χ1v) is 6.75. The van der Waals surface area contributed by atoms with Crippen LogP contribution in [0.3, 0.4) is 0 Å². The highest BCUT2D eigenvalue weighted by Crippen LogP contribution is 2.47. The van der Waals surface area contributed by atoms with E-state index in [-0.39, 0.29) is 5.91 Å². The van der Waals surface area contributed by atoms with Gasteiger partial charge in [0.25, 0.3) is 0 Å². The number of carbonyl (C=O) groups is 1. The van der Waals surface area contributed by atoms with E-state index < -0.39 is 5.41 Å². The highest BCUT2D eigenvalue weighted by molar-refractivity contribution is 6.06. The standard InChI is InChI=1S/C16H15N3O/c1-9-5-10-7-16(8-11(10)6-13(9)17)12-3-2-4-18-14(12)19-15(16)20/h2-6H,7-8,17H2,1H3,(H,18,19,20). The lowest BCUT2D eigenvalue weighted by atomic mass is 9.79. The quantitative estimate of drug-likeness (QED) is 0.715. The largest absolute Gasteiger partial charge is 0.399 e. The number of aryl methyl sites for hydroxylation is 1. The van der Waals surface area contributed by atoms with Crippen molar-refractivity contribution in [3.8, 4) is 0 Å². The van der Waals surface area contributed by atoms with Gasteiger partial charge in [-0.3, -0.25) is 4.79 Å². The van der Waals surface area contributed by atoms with Crippen molar-refractivity contribution in [3.05, 3.63) is 52.7 Å². The number of rotatable bonds is 0. The molecule has 1 spiro atoms. The van der Waals surface area contributed by atoms with Gasteiger partial charge in [-0.05, 0) is 48.6 Å². The van der Waals surface area contributed by atoms with Crippen LogP contribution in [0.1, 0.15) is 22.3 Å². The van der Waals surface area contributed by atoms with Crippen LogP contribution in [0.2, 0.25) is 0 Å². The molecule has 0 saturated carbocycles. The third-order valence-electron chi connectivity index (χ3n) is 4.56. The number of nitrogen functional groups attached to an aromatic ring is 1. The van der Waals surface area contributed by atoms with Gasteiger partial charge in [0.05, 0.1) is 5.41 Å². The van der Waals surface area contributed by atoms with E-state index in [4.69, 9.17) is 5.73 Å². The fourth-order valence-corrected chi connectivity index (χ4v) is 3.47. The summed E-state index contributed by atoms with van der Waals surface area (Å²) in [5, 5.41) is 2.91. The van der Waals surface area contributed by atoms with Gasteiger partial charge in [0.1, 0.15) is 5.82 Å². The minimum absolute atomic E-state index is 0.0543. The van der Waals surface area contributed by atoms with Crippen molar-refractivity contribution in [1.82, 2.24) is 4.98 Å². The Labute approximate surface area is 117 Å². The van der Waals surface area contributed by atoms with Crippen LogP contribution in [0.25, 0.3) is 0 Å². The van der Waals surface area contributed by atoms with E-state index in [2.05, 4.69) is 16.4 Å². The van der Waals surface area contributed by atoms with Crippen LogP contribution in [-0.4, -0.2) is 10.9 Å². The van der Waals surface area contributed by atoms with Gasteiger partial charge >= 0.3 is 0 Å². The summed E-state index contributed by atoms with van der Waals surface area (Å²) in [7, 11) is 0. The SMILES string of the molecule is Cc1cc2c(cc1N)CC1(C2)C(=O)Nc2ncccc21. The minimum Gasteiger partial charge on any atom is -0.399 e. The predicted molar refractivity (Wildman–Crippen MR) is 77.5 cm³/mol. The van der Waals surface area contributed by atoms with Gasteiger partial charge < -0.3 is 11.1 Å². The van der Waals surface area contributed by atoms with Gasteiger partial charge in [0, 0.05) is 17.4 Å². The lowest BCUT2D eigenvalue weighted by molar-refractivity contribution is -0.120. The molecular formula is C16H15N3O. The van der Waals surface area contributed by atoms with Gasteiger partial charge in [0.15, 0.2) is 0 Å². The van der Waals surface area contributed by atoms with Gasteiger partial charge in [-0.25, -0.2) is 4.98 Å². The Kier molecular flexibility index (Phi) is 2.06. The van der Waals surface area contributed by atoms with Crippen LogP contribution < -0.4 is 11.1 Å². The first-order valence-electron chi connectivity index (χ1n) is 6.75. The highest BCUT2D eigenvalue weighted by Gasteiger charge is 2.51. The molecule has 0 bridgehead atoms. The third-order valence-corrected chi connectivity index (χ3v) is 4.56. The molecule has 0 fully saturated rings. The minimum atomic E-state index is -0.494. The summed E-state index contributed by atoms with van der Waals surface area (Å²) < 4.78 is 0. The molecule has 100 valence electrons. The molecule has 0 saturated heterocycles. The van der Waals surface area contributed by atoms with E-state index in [0.717, 1.165) is 23.2 Å². The average molecular weight is 265 g/mol. The van der Waals surface area contributed by atoms with E-state index in [1.807, 2.05) is 25.1 Å². The Bertz CT molecular complexity index is 720. The third kappa shape index (κ3) is 1.31. The number of anilines is 2. The van der Waals surface area contributed by atoms with Gasteiger partial charge in [0.2, 0.25) is 5.91 Å². The molecule has 0 radical (unpaired) electrons. The summed E-state index contributed by atoms with van der Waals surface area (Å²) in [6.07, 6.45) is 3.15. The number of amides is 1. The van der Waals surface area contributed by atoms with Crippen molar-refractivity contribution in [2.45, 2.75) is 25.2 Å². The number of nitrogens with one attached hydrogen (secondary N) is 1. The Balaban J connectivity index is 1.88. The van der Waals surface area contributed by atoms with Gasteiger partial charge in [-0.1, -0.05) is 12.1 Å². The summed E-state index contributed by atoms with van der Waals surface area (Å²) in [6.45, 7) is 2.00. The lowest BCUT2D eigenvalue weighted by Gasteiger charge is -2.20. The Morgan fingerprint density at radius 1 is 1.30 bits per heavy atom. The van der Waals surface area contributed by atoms with Gasteiger partial charge in [-0.15, -0.1) is 0 Å². The lowest BCUT2D eigenvalue weighted by Crippen LogP contribution is -2.35. The zero-order chi connectivity index (χ0) is 13.9. The topological polar surface area (TPSA) is 68.0 Å². The number of nitrogens with zero attached hydrogens (tertiary/aromatic N) is 1. The summed E-state index contributed by atoms with van der Waals surface area (Å²) in [5.74, 6) is 0.758. The first-order chi connectivity index (χ1) is 9.60. The second kappa shape index (κ2) is 3.60. The number of pyridine rings is 1. The zero-order valence-electron chi connectivity index (χ0n) is 11.2. The molecule has 1 atom stereocenters. The second-order valence-electron chi connectivity index (χ2n) is 5.77. The van der Waals surface area contributed by atoms with E-state index in [9.17, 15) is 4.79 Å². The molecule has 1 aliphatic heterocycles. The molecule has 2 aromatic rings. The van der Waals surface area contributed by atoms with Crippen molar-refractivity contribution < 1.29 is 4.79 Å². The molecular weight excluding hydrogens is 250 g/mol. The molecule has 2 heterocycles. The van der Waals surface area contributed by atoms with Crippen LogP contribution in [-0.2, 0) is 23.1 Å². The molecule has 4 heteroatoms. The summed E-state index contributed by atoms with van der Waals surface area (Å²) in [4.78, 5) is 16.8. The molecule has 1 aromatic carbocycles. The Morgan fingerprint density at radius 2 is 2.05 bits per heavy atom. The van der Waals surface area contributed by atoms with Crippen LogP contribution in [0.5, 0.6) is 0 Å². The number of nitrogens with two attached hydrogens (primary N) is 1. The van der Waals surface area contributed by atoms with E-state index in [1.165, 1.54) is 11.1 Å². The van der Waals surface area contributed by atoms with E-state index >= 15 is 0 Å². The maximum absolute atomic E-state index is 12.5. The highest BCUT2D eigenvalue weighted by atomic mass is 16.2. The van der Waals surface area contributed by atoms with E-state index in [0.29, 0.717) is 12.2 Å². The number of hydrogen-bond acceptors (Lipinski definition) is 3. The van der Waals surface area contributed by atoms with Crippen molar-refractivity contribution in [3.63, 3.8) is 0 Å². The fourth-order valence-electron chi connectivity index (χ4n) is 3.47. The first kappa shape index (κ1) is 11.5. The number of hydrogen-bond donors (Lipinski definition) is 2. The summed E-state index contributed by atoms with van der Waals surface area (Å²) in [6, 6.07) is 8.02. The van der Waals surface area contributed by atoms with Crippen molar-refractivity contribution in [1.29, 1.82) is 0 Å². The van der Waals surface area contributed by atoms with Crippen molar-refractivity contribution >= 4 is 17.4 Å². The number of carbonyl (C=O) groups excluding carboxylic acids is 1. The number of fused-ring (bicyclic) bond motifs is 3. The van der Waals surface area contributed by atoms with Gasteiger partial charge in [-0.2, -0.15) is 0 Å². The van der Waals surface area contributed by atoms with Crippen molar-refractivity contribution in [2.75, 3.05) is 11.1 Å². The summed E-state index contributed by atoms with van der Waals surface area (Å²) >= 11 is 0. The fraction of sp³-hybridized carbons (Fsp3) is 0.250.